The minimum Gasteiger partial charge on any atom is -0.484 e. The third kappa shape index (κ3) is 4.77. The predicted molar refractivity (Wildman–Crippen MR) is 80.2 cm³/mol. The molecule has 5 heteroatoms. The molecule has 1 saturated heterocycles. The van der Waals surface area contributed by atoms with Gasteiger partial charge in [0.25, 0.3) is 5.91 Å². The van der Waals surface area contributed by atoms with Crippen LogP contribution in [0.15, 0.2) is 18.2 Å². The first-order chi connectivity index (χ1) is 10.0. The van der Waals surface area contributed by atoms with Crippen LogP contribution in [0.4, 0.5) is 0 Å². The Labute approximate surface area is 125 Å². The number of amides is 2. The second-order valence-corrected chi connectivity index (χ2v) is 5.52. The first-order valence-corrected chi connectivity index (χ1v) is 7.33. The molecule has 1 aliphatic heterocycles. The van der Waals surface area contributed by atoms with E-state index in [4.69, 9.17) is 4.74 Å². The first-order valence-electron chi connectivity index (χ1n) is 7.33. The summed E-state index contributed by atoms with van der Waals surface area (Å²) in [6.07, 6.45) is 2.57. The summed E-state index contributed by atoms with van der Waals surface area (Å²) >= 11 is 0. The molecule has 1 aliphatic rings. The van der Waals surface area contributed by atoms with Crippen LogP contribution in [0.5, 0.6) is 5.75 Å². The summed E-state index contributed by atoms with van der Waals surface area (Å²) in [5, 5.41) is 5.53. The quantitative estimate of drug-likeness (QED) is 0.882. The molecule has 1 atom stereocenters. The molecular weight excluding hydrogens is 268 g/mol. The molecule has 0 aromatic heterocycles. The van der Waals surface area contributed by atoms with Crippen LogP contribution in [-0.4, -0.2) is 31.0 Å². The van der Waals surface area contributed by atoms with E-state index in [2.05, 4.69) is 10.6 Å². The molecule has 5 nitrogen and oxygen atoms in total. The summed E-state index contributed by atoms with van der Waals surface area (Å²) in [6, 6.07) is 5.38. The summed E-state index contributed by atoms with van der Waals surface area (Å²) in [5.41, 5.74) is 2.18. The number of nitrogens with one attached hydrogen (secondary N) is 2. The third-order valence-corrected chi connectivity index (χ3v) is 3.44. The Balaban J connectivity index is 1.85. The van der Waals surface area contributed by atoms with Gasteiger partial charge in [-0.1, -0.05) is 6.07 Å². The molecule has 0 radical (unpaired) electrons. The van der Waals surface area contributed by atoms with Gasteiger partial charge in [-0.3, -0.25) is 9.59 Å². The highest BCUT2D eigenvalue weighted by Crippen LogP contribution is 2.16. The Kier molecular flexibility index (Phi) is 5.20. The van der Waals surface area contributed by atoms with E-state index in [1.54, 1.807) is 0 Å². The molecule has 0 unspecified atom stereocenters. The minimum absolute atomic E-state index is 0.0767. The fraction of sp³-hybridized carbons (Fsp3) is 0.500. The van der Waals surface area contributed by atoms with Gasteiger partial charge in [-0.25, -0.2) is 0 Å². The monoisotopic (exact) mass is 290 g/mol. The van der Waals surface area contributed by atoms with E-state index in [-0.39, 0.29) is 18.4 Å². The smallest absolute Gasteiger partial charge is 0.258 e. The highest BCUT2D eigenvalue weighted by atomic mass is 16.5. The molecule has 114 valence electrons. The maximum Gasteiger partial charge on any atom is 0.258 e. The molecule has 0 spiro atoms. The average molecular weight is 290 g/mol. The Morgan fingerprint density at radius 3 is 2.71 bits per heavy atom. The number of aryl methyl sites for hydroxylation is 2. The van der Waals surface area contributed by atoms with E-state index < -0.39 is 6.04 Å². The molecule has 1 fully saturated rings. The van der Waals surface area contributed by atoms with Gasteiger partial charge in [0, 0.05) is 6.54 Å². The van der Waals surface area contributed by atoms with Gasteiger partial charge in [0.2, 0.25) is 5.91 Å². The van der Waals surface area contributed by atoms with Crippen molar-refractivity contribution in [2.24, 2.45) is 0 Å². The first kappa shape index (κ1) is 15.4. The van der Waals surface area contributed by atoms with Gasteiger partial charge in [0.05, 0.1) is 0 Å². The molecule has 21 heavy (non-hydrogen) atoms. The van der Waals surface area contributed by atoms with E-state index >= 15 is 0 Å². The molecule has 1 aromatic rings. The predicted octanol–water partition coefficient (Wildman–Crippen LogP) is 1.47. The van der Waals surface area contributed by atoms with Gasteiger partial charge in [-0.15, -0.1) is 0 Å². The van der Waals surface area contributed by atoms with E-state index in [0.717, 1.165) is 24.0 Å². The lowest BCUT2D eigenvalue weighted by Crippen LogP contribution is -2.46. The Morgan fingerprint density at radius 1 is 1.29 bits per heavy atom. The van der Waals surface area contributed by atoms with Crippen LogP contribution in [0.3, 0.4) is 0 Å². The van der Waals surface area contributed by atoms with E-state index in [1.165, 1.54) is 0 Å². The maximum absolute atomic E-state index is 11.9. The maximum atomic E-state index is 11.9. The van der Waals surface area contributed by atoms with Crippen molar-refractivity contribution in [3.8, 4) is 5.75 Å². The Hall–Kier alpha value is -2.04. The number of hydrogen-bond donors (Lipinski definition) is 2. The van der Waals surface area contributed by atoms with Gasteiger partial charge >= 0.3 is 0 Å². The van der Waals surface area contributed by atoms with Crippen LogP contribution in [0.1, 0.15) is 30.4 Å². The van der Waals surface area contributed by atoms with Crippen molar-refractivity contribution in [2.45, 2.75) is 39.2 Å². The second-order valence-electron chi connectivity index (χ2n) is 5.52. The molecule has 0 aliphatic carbocycles. The van der Waals surface area contributed by atoms with Crippen molar-refractivity contribution in [3.05, 3.63) is 29.3 Å². The molecule has 2 amide bonds. The van der Waals surface area contributed by atoms with Crippen molar-refractivity contribution in [1.29, 1.82) is 0 Å². The molecule has 2 N–H and O–H groups in total. The van der Waals surface area contributed by atoms with Gasteiger partial charge in [0.1, 0.15) is 11.8 Å². The van der Waals surface area contributed by atoms with Crippen molar-refractivity contribution < 1.29 is 14.3 Å². The zero-order chi connectivity index (χ0) is 15.2. The number of benzene rings is 1. The average Bonchev–Trinajstić information content (AvgIpc) is 2.61. The van der Waals surface area contributed by atoms with Crippen LogP contribution in [0.2, 0.25) is 0 Å². The van der Waals surface area contributed by atoms with E-state index in [9.17, 15) is 9.59 Å². The number of rotatable bonds is 4. The van der Waals surface area contributed by atoms with Crippen molar-refractivity contribution in [3.63, 3.8) is 0 Å². The number of carbonyl (C=O) groups is 2. The largest absolute Gasteiger partial charge is 0.484 e. The number of carbonyl (C=O) groups excluding carboxylic acids is 2. The fourth-order valence-electron chi connectivity index (χ4n) is 2.48. The summed E-state index contributed by atoms with van der Waals surface area (Å²) in [5.74, 6) is 0.302. The Morgan fingerprint density at radius 2 is 2.00 bits per heavy atom. The zero-order valence-corrected chi connectivity index (χ0v) is 12.6. The number of hydrogen-bond acceptors (Lipinski definition) is 3. The third-order valence-electron chi connectivity index (χ3n) is 3.44. The topological polar surface area (TPSA) is 67.4 Å². The lowest BCUT2D eigenvalue weighted by molar-refractivity contribution is -0.129. The fourth-order valence-corrected chi connectivity index (χ4v) is 2.48. The van der Waals surface area contributed by atoms with Crippen molar-refractivity contribution >= 4 is 11.8 Å². The highest BCUT2D eigenvalue weighted by Gasteiger charge is 2.22. The van der Waals surface area contributed by atoms with E-state index in [0.29, 0.717) is 18.7 Å². The summed E-state index contributed by atoms with van der Waals surface area (Å²) in [4.78, 5) is 23.6. The zero-order valence-electron chi connectivity index (χ0n) is 12.6. The van der Waals surface area contributed by atoms with Crippen LogP contribution in [0.25, 0.3) is 0 Å². The molecular formula is C16H22N2O3. The van der Waals surface area contributed by atoms with Crippen LogP contribution >= 0.6 is 0 Å². The van der Waals surface area contributed by atoms with Gasteiger partial charge in [-0.05, 0) is 56.4 Å². The molecule has 1 aromatic carbocycles. The van der Waals surface area contributed by atoms with Gasteiger partial charge in [0.15, 0.2) is 6.61 Å². The summed E-state index contributed by atoms with van der Waals surface area (Å²) < 4.78 is 5.49. The van der Waals surface area contributed by atoms with Gasteiger partial charge < -0.3 is 15.4 Å². The Bertz CT molecular complexity index is 508. The SMILES string of the molecule is Cc1cc(C)cc(OCC(=O)N[C@@H]2CCCCNC2=O)c1. The van der Waals surface area contributed by atoms with E-state index in [1.807, 2.05) is 32.0 Å². The number of ether oxygens (including phenoxy) is 1. The standard InChI is InChI=1S/C16H22N2O3/c1-11-7-12(2)9-13(8-11)21-10-15(19)18-14-5-3-4-6-17-16(14)20/h7-9,14H,3-6,10H2,1-2H3,(H,17,20)(H,18,19)/t14-/m1/s1. The van der Waals surface area contributed by atoms with Crippen LogP contribution < -0.4 is 15.4 Å². The molecule has 2 rings (SSSR count). The normalized spacial score (nSPS) is 18.6. The summed E-state index contributed by atoms with van der Waals surface area (Å²) in [6.45, 7) is 4.57. The van der Waals surface area contributed by atoms with Crippen molar-refractivity contribution in [1.82, 2.24) is 10.6 Å². The highest BCUT2D eigenvalue weighted by molar-refractivity contribution is 5.88. The van der Waals surface area contributed by atoms with Crippen molar-refractivity contribution in [2.75, 3.05) is 13.2 Å². The van der Waals surface area contributed by atoms with Gasteiger partial charge in [-0.2, -0.15) is 0 Å². The lowest BCUT2D eigenvalue weighted by atomic mass is 10.1. The second kappa shape index (κ2) is 7.11. The van der Waals surface area contributed by atoms with Crippen LogP contribution in [0, 0.1) is 13.8 Å². The summed E-state index contributed by atoms with van der Waals surface area (Å²) in [7, 11) is 0. The minimum atomic E-state index is -0.442. The molecule has 0 saturated carbocycles. The lowest BCUT2D eigenvalue weighted by Gasteiger charge is -2.15. The molecule has 0 bridgehead atoms. The van der Waals surface area contributed by atoms with Crippen LogP contribution in [-0.2, 0) is 9.59 Å². The molecule has 1 heterocycles.